The van der Waals surface area contributed by atoms with Crippen molar-refractivity contribution in [3.63, 3.8) is 0 Å². The number of quaternary nitrogens is 1. The maximum absolute atomic E-state index is 10.2. The van der Waals surface area contributed by atoms with E-state index in [9.17, 15) is 5.11 Å². The molecule has 0 fully saturated rings. The molecule has 0 bridgehead atoms. The predicted molar refractivity (Wildman–Crippen MR) is 76.1 cm³/mol. The second-order valence-electron chi connectivity index (χ2n) is 6.84. The summed E-state index contributed by atoms with van der Waals surface area (Å²) < 4.78 is 0.846. The van der Waals surface area contributed by atoms with E-state index in [1.54, 1.807) is 0 Å². The lowest BCUT2D eigenvalue weighted by molar-refractivity contribution is -0.903. The highest BCUT2D eigenvalue weighted by Crippen LogP contribution is 2.24. The Balaban J connectivity index is 3.95. The first-order chi connectivity index (χ1) is 7.69. The van der Waals surface area contributed by atoms with Gasteiger partial charge in [0.15, 0.2) is 0 Å². The van der Waals surface area contributed by atoms with Crippen molar-refractivity contribution < 1.29 is 9.59 Å². The van der Waals surface area contributed by atoms with Crippen molar-refractivity contribution in [2.24, 2.45) is 0 Å². The Morgan fingerprint density at radius 1 is 0.941 bits per heavy atom. The number of hydrogen-bond donors (Lipinski definition) is 1. The van der Waals surface area contributed by atoms with Crippen LogP contribution < -0.4 is 0 Å². The third kappa shape index (κ3) is 7.77. The van der Waals surface area contributed by atoms with Crippen molar-refractivity contribution >= 4 is 0 Å². The van der Waals surface area contributed by atoms with Gasteiger partial charge in [0.2, 0.25) is 0 Å². The molecule has 0 aromatic carbocycles. The SMILES string of the molecule is CCCCCCCCC(C(C)(C)O)[N+](C)(C)C. The van der Waals surface area contributed by atoms with Gasteiger partial charge in [0.05, 0.1) is 21.1 Å². The molecular weight excluding hydrogens is 210 g/mol. The summed E-state index contributed by atoms with van der Waals surface area (Å²) >= 11 is 0. The van der Waals surface area contributed by atoms with Crippen molar-refractivity contribution in [2.45, 2.75) is 77.4 Å². The molecule has 1 N–H and O–H groups in total. The number of rotatable bonds is 9. The molecule has 0 spiro atoms. The Morgan fingerprint density at radius 2 is 1.41 bits per heavy atom. The molecule has 1 unspecified atom stereocenters. The lowest BCUT2D eigenvalue weighted by atomic mass is 9.91. The van der Waals surface area contributed by atoms with Gasteiger partial charge in [-0.25, -0.2) is 0 Å². The fourth-order valence-electron chi connectivity index (χ4n) is 2.81. The van der Waals surface area contributed by atoms with E-state index < -0.39 is 5.60 Å². The van der Waals surface area contributed by atoms with Gasteiger partial charge in [-0.05, 0) is 20.3 Å². The molecule has 0 aliphatic rings. The van der Waals surface area contributed by atoms with E-state index in [2.05, 4.69) is 28.1 Å². The maximum Gasteiger partial charge on any atom is 0.117 e. The van der Waals surface area contributed by atoms with Crippen molar-refractivity contribution in [3.8, 4) is 0 Å². The zero-order valence-electron chi connectivity index (χ0n) is 12.9. The third-order valence-electron chi connectivity index (χ3n) is 3.58. The Kier molecular flexibility index (Phi) is 7.34. The molecule has 0 heterocycles. The minimum atomic E-state index is -0.582. The van der Waals surface area contributed by atoms with Gasteiger partial charge in [-0.3, -0.25) is 0 Å². The lowest BCUT2D eigenvalue weighted by Gasteiger charge is -2.41. The summed E-state index contributed by atoms with van der Waals surface area (Å²) in [7, 11) is 6.54. The van der Waals surface area contributed by atoms with Gasteiger partial charge in [0.25, 0.3) is 0 Å². The summed E-state index contributed by atoms with van der Waals surface area (Å²) in [6.07, 6.45) is 9.08. The molecular formula is C15H34NO+. The number of nitrogens with zero attached hydrogens (tertiary/aromatic N) is 1. The highest BCUT2D eigenvalue weighted by atomic mass is 16.3. The smallest absolute Gasteiger partial charge is 0.117 e. The molecule has 0 aliphatic carbocycles. The maximum atomic E-state index is 10.2. The summed E-state index contributed by atoms with van der Waals surface area (Å²) in [6, 6.07) is 0.327. The summed E-state index contributed by atoms with van der Waals surface area (Å²) in [5, 5.41) is 10.2. The molecule has 0 saturated carbocycles. The third-order valence-corrected chi connectivity index (χ3v) is 3.58. The minimum Gasteiger partial charge on any atom is -0.384 e. The number of likely N-dealkylation sites (N-methyl/N-ethyl adjacent to an activating group) is 1. The molecule has 1 atom stereocenters. The molecule has 104 valence electrons. The lowest BCUT2D eigenvalue weighted by Crippen LogP contribution is -2.56. The van der Waals surface area contributed by atoms with E-state index in [1.165, 1.54) is 38.5 Å². The molecule has 0 amide bonds. The van der Waals surface area contributed by atoms with E-state index in [-0.39, 0.29) is 0 Å². The van der Waals surface area contributed by atoms with Crippen LogP contribution in [0.25, 0.3) is 0 Å². The van der Waals surface area contributed by atoms with Gasteiger partial charge >= 0.3 is 0 Å². The van der Waals surface area contributed by atoms with Crippen LogP contribution in [0.15, 0.2) is 0 Å². The first-order valence-corrected chi connectivity index (χ1v) is 7.23. The summed E-state index contributed by atoms with van der Waals surface area (Å²) in [5.74, 6) is 0. The van der Waals surface area contributed by atoms with E-state index in [0.29, 0.717) is 6.04 Å². The normalized spacial score (nSPS) is 15.0. The summed E-state index contributed by atoms with van der Waals surface area (Å²) in [6.45, 7) is 6.14. The van der Waals surface area contributed by atoms with Crippen LogP contribution in [0.3, 0.4) is 0 Å². The topological polar surface area (TPSA) is 20.2 Å². The van der Waals surface area contributed by atoms with Crippen molar-refractivity contribution in [1.82, 2.24) is 0 Å². The molecule has 0 aromatic rings. The number of hydrogen-bond acceptors (Lipinski definition) is 1. The summed E-state index contributed by atoms with van der Waals surface area (Å²) in [4.78, 5) is 0. The van der Waals surface area contributed by atoms with E-state index in [4.69, 9.17) is 0 Å². The molecule has 0 aliphatic heterocycles. The highest BCUT2D eigenvalue weighted by Gasteiger charge is 2.36. The number of unbranched alkanes of at least 4 members (excludes halogenated alkanes) is 5. The van der Waals surface area contributed by atoms with Crippen molar-refractivity contribution in [3.05, 3.63) is 0 Å². The van der Waals surface area contributed by atoms with Gasteiger partial charge in [0, 0.05) is 6.42 Å². The highest BCUT2D eigenvalue weighted by molar-refractivity contribution is 4.78. The second-order valence-corrected chi connectivity index (χ2v) is 6.84. The van der Waals surface area contributed by atoms with Crippen LogP contribution in [0, 0.1) is 0 Å². The van der Waals surface area contributed by atoms with Crippen LogP contribution in [0.5, 0.6) is 0 Å². The molecule has 0 saturated heterocycles. The fourth-order valence-corrected chi connectivity index (χ4v) is 2.81. The minimum absolute atomic E-state index is 0.327. The quantitative estimate of drug-likeness (QED) is 0.485. The zero-order chi connectivity index (χ0) is 13.5. The Morgan fingerprint density at radius 3 is 1.82 bits per heavy atom. The Labute approximate surface area is 109 Å². The zero-order valence-corrected chi connectivity index (χ0v) is 12.9. The van der Waals surface area contributed by atoms with Crippen LogP contribution >= 0.6 is 0 Å². The predicted octanol–water partition coefficient (Wildman–Crippen LogP) is 3.58. The van der Waals surface area contributed by atoms with Gasteiger partial charge in [-0.2, -0.15) is 0 Å². The average molecular weight is 244 g/mol. The van der Waals surface area contributed by atoms with Crippen molar-refractivity contribution in [1.29, 1.82) is 0 Å². The standard InChI is InChI=1S/C15H34NO/c1-7-8-9-10-11-12-13-14(15(2,3)17)16(4,5)6/h14,17H,7-13H2,1-6H3/q+1. The van der Waals surface area contributed by atoms with E-state index >= 15 is 0 Å². The average Bonchev–Trinajstić information content (AvgIpc) is 2.12. The molecule has 0 radical (unpaired) electrons. The second kappa shape index (κ2) is 7.38. The monoisotopic (exact) mass is 244 g/mol. The van der Waals surface area contributed by atoms with Crippen LogP contribution in [0.1, 0.15) is 65.7 Å². The largest absolute Gasteiger partial charge is 0.384 e. The molecule has 0 rings (SSSR count). The fraction of sp³-hybridized carbons (Fsp3) is 1.00. The molecule has 2 nitrogen and oxygen atoms in total. The van der Waals surface area contributed by atoms with E-state index in [0.717, 1.165) is 10.9 Å². The van der Waals surface area contributed by atoms with Crippen LogP contribution in [-0.4, -0.2) is 42.4 Å². The molecule has 0 aromatic heterocycles. The van der Waals surface area contributed by atoms with Crippen molar-refractivity contribution in [2.75, 3.05) is 21.1 Å². The molecule has 17 heavy (non-hydrogen) atoms. The Bertz CT molecular complexity index is 174. The van der Waals surface area contributed by atoms with Gasteiger partial charge in [0.1, 0.15) is 11.6 Å². The van der Waals surface area contributed by atoms with Gasteiger partial charge in [-0.1, -0.05) is 39.0 Å². The summed E-state index contributed by atoms with van der Waals surface area (Å²) in [5.41, 5.74) is -0.582. The molecule has 2 heteroatoms. The first-order valence-electron chi connectivity index (χ1n) is 7.23. The van der Waals surface area contributed by atoms with Crippen LogP contribution in [-0.2, 0) is 0 Å². The van der Waals surface area contributed by atoms with Crippen LogP contribution in [0.2, 0.25) is 0 Å². The number of aliphatic hydroxyl groups is 1. The van der Waals surface area contributed by atoms with Gasteiger partial charge in [-0.15, -0.1) is 0 Å². The van der Waals surface area contributed by atoms with E-state index in [1.807, 2.05) is 13.8 Å². The van der Waals surface area contributed by atoms with Gasteiger partial charge < -0.3 is 9.59 Å². The first kappa shape index (κ1) is 16.9. The van der Waals surface area contributed by atoms with Crippen LogP contribution in [0.4, 0.5) is 0 Å². The Hall–Kier alpha value is -0.0800.